The van der Waals surface area contributed by atoms with E-state index in [-0.39, 0.29) is 0 Å². The maximum atomic E-state index is 7.11. The first-order valence-electron chi connectivity index (χ1n) is 52.3. The van der Waals surface area contributed by atoms with E-state index < -0.39 is 36.6 Å². The lowest BCUT2D eigenvalue weighted by Crippen LogP contribution is -2.41. The van der Waals surface area contributed by atoms with Gasteiger partial charge in [0.1, 0.15) is 45.9 Å². The average molecular weight is 1780 g/mol. The highest BCUT2D eigenvalue weighted by atomic mass is 16.7. The minimum atomic E-state index is -0.528. The Balaban J connectivity index is 1.16. The van der Waals surface area contributed by atoms with Crippen molar-refractivity contribution in [2.45, 2.75) is 441 Å². The van der Waals surface area contributed by atoms with Gasteiger partial charge in [-0.3, -0.25) is 0 Å². The maximum absolute atomic E-state index is 7.11. The Morgan fingerprint density at radius 1 is 0.269 bits per heavy atom. The molecule has 2 saturated heterocycles. The van der Waals surface area contributed by atoms with Crippen LogP contribution in [0.5, 0.6) is 34.5 Å². The van der Waals surface area contributed by atoms with Crippen molar-refractivity contribution < 1.29 is 47.0 Å². The number of rotatable bonds is 68. The first kappa shape index (κ1) is 106. The number of nitrogens with zero attached hydrogens (tertiary/aromatic N) is 6. The molecule has 0 N–H and O–H groups in total. The highest BCUT2D eigenvalue weighted by molar-refractivity contribution is 6.63. The lowest BCUT2D eigenvalue weighted by molar-refractivity contribution is 0.00578. The number of unbranched alkanes of at least 4 members (excludes halogenated alkanes) is 42. The van der Waals surface area contributed by atoms with Crippen LogP contribution >= 0.6 is 0 Å². The molecule has 2 fully saturated rings. The van der Waals surface area contributed by atoms with Crippen LogP contribution in [-0.2, 0) is 31.7 Å². The molecule has 714 valence electrons. The summed E-state index contributed by atoms with van der Waals surface area (Å²) >= 11 is 0. The van der Waals surface area contributed by atoms with Gasteiger partial charge in [0.2, 0.25) is 0 Å². The molecule has 9 rings (SSSR count). The molecule has 5 aromatic carbocycles. The summed E-state index contributed by atoms with van der Waals surface area (Å²) < 4.78 is 72.7. The lowest BCUT2D eigenvalue weighted by Gasteiger charge is -2.32. The van der Waals surface area contributed by atoms with E-state index in [4.69, 9.17) is 67.7 Å². The third-order valence-electron chi connectivity index (χ3n) is 26.9. The molecule has 0 bridgehead atoms. The van der Waals surface area contributed by atoms with Gasteiger partial charge in [-0.1, -0.05) is 394 Å². The molecule has 18 heteroatoms. The molecule has 0 unspecified atom stereocenters. The van der Waals surface area contributed by atoms with Crippen molar-refractivity contribution in [3.8, 4) is 80.7 Å². The predicted molar refractivity (Wildman–Crippen MR) is 540 cm³/mol. The van der Waals surface area contributed by atoms with Gasteiger partial charge in [-0.2, -0.15) is 0 Å². The second-order valence-electron chi connectivity index (χ2n) is 39.2. The topological polar surface area (TPSA) is 154 Å². The molecule has 0 radical (unpaired) electrons. The average Bonchev–Trinajstić information content (AvgIpc) is 1.62. The van der Waals surface area contributed by atoms with Gasteiger partial charge < -0.3 is 47.0 Å². The van der Waals surface area contributed by atoms with E-state index in [1.165, 1.54) is 231 Å². The summed E-state index contributed by atoms with van der Waals surface area (Å²) in [5.74, 6) is 18.9. The summed E-state index contributed by atoms with van der Waals surface area (Å²) in [6.07, 6.45) is 60.9. The SMILES string of the molecule is CCCCCCCCCCOc1cc(C#Cc2cc(OCCCCCCCCCC)c(-c3cn(Cc4ccccc4B4OC(C)(C)C(C)(C)O4)nn3)cc2OCCCCCCCCCC)c(OCCCCCCCCCC)cc1C#Cc1cc(OCCCCCCCCCC)c(-c2cn(Cc3ccccc3B3OC(C)(C)C(C)(C)O3)nn2)cc1OCCCCCCCCCC. The van der Waals surface area contributed by atoms with E-state index in [0.29, 0.717) is 121 Å². The third-order valence-corrected chi connectivity index (χ3v) is 26.9. The van der Waals surface area contributed by atoms with Gasteiger partial charge in [0.15, 0.2) is 0 Å². The standard InChI is InChI=1S/C112H170B2N6O10/c1-15-21-27-33-39-45-51-61-75-121-103-81-92(72-74-94-84-108(126-80-66-56-50-44-38-32-26-20-6)98(86-106(94)124-78-64-54-48-42-36-30-24-18-4)102-90-120(118-116-102)88-96-68-58-60-70-100(96)114-129-111(11,12)112(13,14)130-114)104(122-76-62-52-46-40-34-28-22-16-2)82-91(103)71-73-93-83-107(125-79-65-55-49-43-37-31-25-19-5)97(85-105(93)123-77-63-53-47-41-35-29-23-17-3)101-89-119(117-115-101)87-95-67-57-59-69-99(95)113-127-109(7,8)110(9,10)128-113/h57-60,67-70,81-86,89-90H,15-56,61-66,75-80,87-88H2,1-14H3. The number of ether oxygens (including phenoxy) is 6. The highest BCUT2D eigenvalue weighted by Gasteiger charge is 2.53. The molecule has 7 aromatic rings. The van der Waals surface area contributed by atoms with Crippen LogP contribution in [0.3, 0.4) is 0 Å². The summed E-state index contributed by atoms with van der Waals surface area (Å²) in [6, 6.07) is 29.2. The molecular formula is C112H170B2N6O10. The largest absolute Gasteiger partial charge is 0.495 e. The second kappa shape index (κ2) is 59.1. The molecule has 0 saturated carbocycles. The highest BCUT2D eigenvalue weighted by Crippen LogP contribution is 2.42. The summed E-state index contributed by atoms with van der Waals surface area (Å²) in [4.78, 5) is 0. The van der Waals surface area contributed by atoms with Crippen molar-refractivity contribution in [1.29, 1.82) is 0 Å². The molecule has 16 nitrogen and oxygen atoms in total. The minimum absolute atomic E-state index is 0.457. The third kappa shape index (κ3) is 35.9. The van der Waals surface area contributed by atoms with E-state index in [1.807, 2.05) is 33.9 Å². The van der Waals surface area contributed by atoms with Gasteiger partial charge in [0.05, 0.1) is 110 Å². The van der Waals surface area contributed by atoms with E-state index in [9.17, 15) is 0 Å². The Hall–Kier alpha value is -7.73. The zero-order valence-corrected chi connectivity index (χ0v) is 83.8. The maximum Gasteiger partial charge on any atom is 0.495 e. The summed E-state index contributed by atoms with van der Waals surface area (Å²) in [7, 11) is -1.06. The van der Waals surface area contributed by atoms with Crippen molar-refractivity contribution in [2.24, 2.45) is 0 Å². The molecule has 4 heterocycles. The Morgan fingerprint density at radius 3 is 0.723 bits per heavy atom. The van der Waals surface area contributed by atoms with Crippen LogP contribution in [-0.4, -0.2) is 106 Å². The Bertz CT molecular complexity index is 4160. The van der Waals surface area contributed by atoms with Gasteiger partial charge >= 0.3 is 14.2 Å². The summed E-state index contributed by atoms with van der Waals surface area (Å²) in [5.41, 5.74) is 7.86. The molecule has 0 spiro atoms. The molecule has 2 aromatic heterocycles. The van der Waals surface area contributed by atoms with Crippen molar-refractivity contribution in [1.82, 2.24) is 30.0 Å². The van der Waals surface area contributed by atoms with Crippen LogP contribution in [0.4, 0.5) is 0 Å². The second-order valence-corrected chi connectivity index (χ2v) is 39.2. The van der Waals surface area contributed by atoms with E-state index >= 15 is 0 Å². The predicted octanol–water partition coefficient (Wildman–Crippen LogP) is 28.8. The Kier molecular flexibility index (Phi) is 48.2. The van der Waals surface area contributed by atoms with Crippen LogP contribution in [0.2, 0.25) is 0 Å². The zero-order chi connectivity index (χ0) is 92.3. The number of hydrogen-bond donors (Lipinski definition) is 0. The van der Waals surface area contributed by atoms with E-state index in [2.05, 4.69) is 193 Å². The summed E-state index contributed by atoms with van der Waals surface area (Å²) in [6.45, 7) is 34.6. The van der Waals surface area contributed by atoms with Crippen molar-refractivity contribution >= 4 is 25.2 Å². The fraction of sp³-hybridized carbons (Fsp3) is 0.661. The van der Waals surface area contributed by atoms with Crippen LogP contribution in [0, 0.1) is 23.7 Å². The molecule has 0 atom stereocenters. The van der Waals surface area contributed by atoms with Crippen LogP contribution < -0.4 is 39.3 Å². The van der Waals surface area contributed by atoms with Crippen LogP contribution in [0.15, 0.2) is 97.3 Å². The van der Waals surface area contributed by atoms with Gasteiger partial charge in [-0.25, -0.2) is 9.36 Å². The monoisotopic (exact) mass is 1780 g/mol. The van der Waals surface area contributed by atoms with Crippen molar-refractivity contribution in [3.63, 3.8) is 0 Å². The quantitative estimate of drug-likeness (QED) is 0.0202. The molecule has 0 amide bonds. The van der Waals surface area contributed by atoms with E-state index in [1.54, 1.807) is 0 Å². The van der Waals surface area contributed by atoms with Crippen molar-refractivity contribution in [2.75, 3.05) is 39.6 Å². The number of benzene rings is 5. The number of hydrogen-bond acceptors (Lipinski definition) is 14. The molecular weight excluding hydrogens is 1610 g/mol. The summed E-state index contributed by atoms with van der Waals surface area (Å²) in [5, 5.41) is 19.5. The van der Waals surface area contributed by atoms with Crippen molar-refractivity contribution in [3.05, 3.63) is 131 Å². The molecule has 0 aliphatic carbocycles. The fourth-order valence-corrected chi connectivity index (χ4v) is 17.1. The minimum Gasteiger partial charge on any atom is -0.493 e. The lowest BCUT2D eigenvalue weighted by atomic mass is 9.76. The van der Waals surface area contributed by atoms with Crippen LogP contribution in [0.1, 0.15) is 439 Å². The van der Waals surface area contributed by atoms with E-state index in [0.717, 1.165) is 110 Å². The smallest absolute Gasteiger partial charge is 0.493 e. The molecule has 130 heavy (non-hydrogen) atoms. The van der Waals surface area contributed by atoms with Gasteiger partial charge in [0.25, 0.3) is 0 Å². The van der Waals surface area contributed by atoms with Gasteiger partial charge in [-0.05, 0) is 128 Å². The first-order valence-corrected chi connectivity index (χ1v) is 52.3. The normalized spacial score (nSPS) is 14.2. The fourth-order valence-electron chi connectivity index (χ4n) is 17.1. The Labute approximate surface area is 789 Å². The van der Waals surface area contributed by atoms with Gasteiger partial charge in [-0.15, -0.1) is 10.2 Å². The molecule has 2 aliphatic rings. The zero-order valence-electron chi connectivity index (χ0n) is 83.8. The number of aromatic nitrogens is 6. The molecule has 2 aliphatic heterocycles. The van der Waals surface area contributed by atoms with Gasteiger partial charge in [0, 0.05) is 35.4 Å². The first-order chi connectivity index (χ1) is 63.3. The van der Waals surface area contributed by atoms with Crippen LogP contribution in [0.25, 0.3) is 22.5 Å². The Morgan fingerprint density at radius 2 is 0.477 bits per heavy atom.